The predicted molar refractivity (Wildman–Crippen MR) is 72.8 cm³/mol. The van der Waals surface area contributed by atoms with Crippen LogP contribution in [0.4, 0.5) is 11.4 Å². The fraction of sp³-hybridized carbons (Fsp3) is 0.500. The van der Waals surface area contributed by atoms with Crippen LogP contribution < -0.4 is 5.32 Å². The van der Waals surface area contributed by atoms with E-state index in [1.54, 1.807) is 12.1 Å². The zero-order valence-electron chi connectivity index (χ0n) is 10.1. The normalized spacial score (nSPS) is 20.7. The number of hydrogen-bond acceptors (Lipinski definition) is 4. The smallest absolute Gasteiger partial charge is 0.285 e. The lowest BCUT2D eigenvalue weighted by Crippen LogP contribution is -2.26. The molecule has 1 aromatic carbocycles. The Labute approximate surface area is 114 Å². The average Bonchev–Trinajstić information content (AvgIpc) is 2.85. The Balaban J connectivity index is 2.09. The largest absolute Gasteiger partial charge is 0.382 e. The lowest BCUT2D eigenvalue weighted by molar-refractivity contribution is -0.385. The first-order valence-electron chi connectivity index (χ1n) is 5.86. The second kappa shape index (κ2) is 5.67. The fourth-order valence-electron chi connectivity index (χ4n) is 2.07. The average molecular weight is 315 g/mol. The van der Waals surface area contributed by atoms with Crippen LogP contribution in [0.3, 0.4) is 0 Å². The highest BCUT2D eigenvalue weighted by molar-refractivity contribution is 9.10. The van der Waals surface area contributed by atoms with Crippen molar-refractivity contribution in [1.29, 1.82) is 0 Å². The highest BCUT2D eigenvalue weighted by Gasteiger charge is 2.22. The molecule has 1 fully saturated rings. The first kappa shape index (κ1) is 13.3. The number of hydrogen-bond donors (Lipinski definition) is 1. The Morgan fingerprint density at radius 2 is 2.39 bits per heavy atom. The summed E-state index contributed by atoms with van der Waals surface area (Å²) in [5.74, 6) is 0.465. The standard InChI is InChI=1S/C12H15BrN2O3/c1-8(9-4-5-18-7-9)14-10-2-3-11(13)12(6-10)15(16)17/h2-3,6,8-9,14H,4-5,7H2,1H3. The van der Waals surface area contributed by atoms with Gasteiger partial charge in [0.25, 0.3) is 5.69 Å². The first-order chi connectivity index (χ1) is 8.58. The molecular weight excluding hydrogens is 300 g/mol. The second-order valence-corrected chi connectivity index (χ2v) is 5.33. The maximum absolute atomic E-state index is 10.8. The van der Waals surface area contributed by atoms with Gasteiger partial charge in [0.1, 0.15) is 0 Å². The highest BCUT2D eigenvalue weighted by Crippen LogP contribution is 2.29. The van der Waals surface area contributed by atoms with Crippen LogP contribution in [0.1, 0.15) is 13.3 Å². The van der Waals surface area contributed by atoms with Crippen molar-refractivity contribution in [2.75, 3.05) is 18.5 Å². The van der Waals surface area contributed by atoms with E-state index in [0.717, 1.165) is 25.3 Å². The van der Waals surface area contributed by atoms with Crippen LogP contribution in [-0.4, -0.2) is 24.2 Å². The van der Waals surface area contributed by atoms with Crippen molar-refractivity contribution in [1.82, 2.24) is 0 Å². The van der Waals surface area contributed by atoms with E-state index < -0.39 is 4.92 Å². The number of nitro benzene ring substituents is 1. The van der Waals surface area contributed by atoms with Gasteiger partial charge in [-0.3, -0.25) is 10.1 Å². The van der Waals surface area contributed by atoms with Gasteiger partial charge < -0.3 is 10.1 Å². The maximum Gasteiger partial charge on any atom is 0.285 e. The van der Waals surface area contributed by atoms with Gasteiger partial charge >= 0.3 is 0 Å². The van der Waals surface area contributed by atoms with Gasteiger partial charge in [0, 0.05) is 30.3 Å². The molecule has 2 atom stereocenters. The van der Waals surface area contributed by atoms with Gasteiger partial charge in [-0.05, 0) is 41.4 Å². The summed E-state index contributed by atoms with van der Waals surface area (Å²) in [7, 11) is 0. The van der Waals surface area contributed by atoms with Crippen LogP contribution in [0.5, 0.6) is 0 Å². The predicted octanol–water partition coefficient (Wildman–Crippen LogP) is 3.19. The molecule has 1 aliphatic heterocycles. The van der Waals surface area contributed by atoms with Gasteiger partial charge in [-0.2, -0.15) is 0 Å². The molecule has 1 heterocycles. The number of benzene rings is 1. The molecular formula is C12H15BrN2O3. The van der Waals surface area contributed by atoms with Crippen LogP contribution >= 0.6 is 15.9 Å². The zero-order chi connectivity index (χ0) is 13.1. The Morgan fingerprint density at radius 1 is 1.61 bits per heavy atom. The molecule has 0 bridgehead atoms. The molecule has 0 saturated carbocycles. The van der Waals surface area contributed by atoms with E-state index >= 15 is 0 Å². The molecule has 6 heteroatoms. The quantitative estimate of drug-likeness (QED) is 0.684. The molecule has 0 spiro atoms. The molecule has 2 unspecified atom stereocenters. The minimum absolute atomic E-state index is 0.0786. The molecule has 5 nitrogen and oxygen atoms in total. The molecule has 0 radical (unpaired) electrons. The minimum atomic E-state index is -0.390. The third-order valence-electron chi connectivity index (χ3n) is 3.21. The van der Waals surface area contributed by atoms with E-state index in [-0.39, 0.29) is 11.7 Å². The van der Waals surface area contributed by atoms with E-state index in [2.05, 4.69) is 28.2 Å². The Kier molecular flexibility index (Phi) is 4.19. The maximum atomic E-state index is 10.8. The first-order valence-corrected chi connectivity index (χ1v) is 6.65. The van der Waals surface area contributed by atoms with Crippen molar-refractivity contribution < 1.29 is 9.66 Å². The fourth-order valence-corrected chi connectivity index (χ4v) is 2.46. The number of anilines is 1. The third-order valence-corrected chi connectivity index (χ3v) is 3.88. The zero-order valence-corrected chi connectivity index (χ0v) is 11.6. The Morgan fingerprint density at radius 3 is 3.00 bits per heavy atom. The molecule has 2 rings (SSSR count). The molecule has 0 aliphatic carbocycles. The SMILES string of the molecule is CC(Nc1ccc(Br)c([N+](=O)[O-])c1)C1CCOC1. The van der Waals surface area contributed by atoms with Crippen molar-refractivity contribution in [3.8, 4) is 0 Å². The summed E-state index contributed by atoms with van der Waals surface area (Å²) >= 11 is 3.17. The summed E-state index contributed by atoms with van der Waals surface area (Å²) in [6.45, 7) is 3.64. The molecule has 1 saturated heterocycles. The second-order valence-electron chi connectivity index (χ2n) is 4.48. The van der Waals surface area contributed by atoms with Gasteiger partial charge in [-0.15, -0.1) is 0 Å². The van der Waals surface area contributed by atoms with Crippen LogP contribution in [0, 0.1) is 16.0 Å². The van der Waals surface area contributed by atoms with Crippen molar-refractivity contribution in [3.63, 3.8) is 0 Å². The summed E-state index contributed by atoms with van der Waals surface area (Å²) in [5, 5.41) is 14.1. The number of ether oxygens (including phenoxy) is 1. The monoisotopic (exact) mass is 314 g/mol. The number of rotatable bonds is 4. The van der Waals surface area contributed by atoms with Gasteiger partial charge in [0.2, 0.25) is 0 Å². The summed E-state index contributed by atoms with van der Waals surface area (Å²) in [6, 6.07) is 5.33. The van der Waals surface area contributed by atoms with Crippen LogP contribution in [-0.2, 0) is 4.74 Å². The Bertz CT molecular complexity index is 447. The number of nitro groups is 1. The van der Waals surface area contributed by atoms with Gasteiger partial charge in [-0.1, -0.05) is 0 Å². The van der Waals surface area contributed by atoms with Crippen LogP contribution in [0.15, 0.2) is 22.7 Å². The summed E-state index contributed by atoms with van der Waals surface area (Å²) < 4.78 is 5.84. The third kappa shape index (κ3) is 3.00. The molecule has 0 amide bonds. The van der Waals surface area contributed by atoms with E-state index in [1.807, 2.05) is 6.07 Å². The number of nitrogens with zero attached hydrogens (tertiary/aromatic N) is 1. The van der Waals surface area contributed by atoms with Gasteiger partial charge in [0.05, 0.1) is 16.0 Å². The minimum Gasteiger partial charge on any atom is -0.382 e. The molecule has 1 aromatic rings. The van der Waals surface area contributed by atoms with Gasteiger partial charge in [-0.25, -0.2) is 0 Å². The van der Waals surface area contributed by atoms with Crippen molar-refractivity contribution in [2.45, 2.75) is 19.4 Å². The van der Waals surface area contributed by atoms with Crippen molar-refractivity contribution >= 4 is 27.3 Å². The summed E-state index contributed by atoms with van der Waals surface area (Å²) in [6.07, 6.45) is 1.03. The van der Waals surface area contributed by atoms with Crippen molar-refractivity contribution in [3.05, 3.63) is 32.8 Å². The molecule has 1 aliphatic rings. The van der Waals surface area contributed by atoms with Gasteiger partial charge in [0.15, 0.2) is 0 Å². The van der Waals surface area contributed by atoms with Crippen LogP contribution in [0.25, 0.3) is 0 Å². The number of halogens is 1. The van der Waals surface area contributed by atoms with E-state index in [9.17, 15) is 10.1 Å². The lowest BCUT2D eigenvalue weighted by Gasteiger charge is -2.20. The van der Waals surface area contributed by atoms with Crippen LogP contribution in [0.2, 0.25) is 0 Å². The van der Waals surface area contributed by atoms with E-state index in [0.29, 0.717) is 10.4 Å². The Hall–Kier alpha value is -1.14. The molecule has 0 aromatic heterocycles. The van der Waals surface area contributed by atoms with E-state index in [4.69, 9.17) is 4.74 Å². The topological polar surface area (TPSA) is 64.4 Å². The number of nitrogens with one attached hydrogen (secondary N) is 1. The summed E-state index contributed by atoms with van der Waals surface area (Å²) in [5.41, 5.74) is 0.846. The molecule has 98 valence electrons. The molecule has 1 N–H and O–H groups in total. The van der Waals surface area contributed by atoms with E-state index in [1.165, 1.54) is 0 Å². The summed E-state index contributed by atoms with van der Waals surface area (Å²) in [4.78, 5) is 10.5. The molecule has 18 heavy (non-hydrogen) atoms. The van der Waals surface area contributed by atoms with Crippen molar-refractivity contribution in [2.24, 2.45) is 5.92 Å². The lowest BCUT2D eigenvalue weighted by atomic mass is 10.0. The highest BCUT2D eigenvalue weighted by atomic mass is 79.9.